The van der Waals surface area contributed by atoms with Gasteiger partial charge in [-0.2, -0.15) is 0 Å². The van der Waals surface area contributed by atoms with E-state index in [9.17, 15) is 14.4 Å². The van der Waals surface area contributed by atoms with Crippen LogP contribution in [0.4, 0.5) is 0 Å². The molecule has 0 radical (unpaired) electrons. The SMILES string of the molecule is CCCCCCC/C=C\C/C=C\CCCCCCCCCCCCCC(=O)OCC(COC(=O)CCCCCCC/C=C\CCCCCCCC)OC(=O)CCCCCCCCC/C=C\CCCCCCCCC. The van der Waals surface area contributed by atoms with Gasteiger partial charge in [-0.3, -0.25) is 14.4 Å². The first-order valence-corrected chi connectivity index (χ1v) is 32.6. The van der Waals surface area contributed by atoms with Gasteiger partial charge in [0.15, 0.2) is 6.10 Å². The van der Waals surface area contributed by atoms with Gasteiger partial charge in [-0.1, -0.05) is 275 Å². The Balaban J connectivity index is 4.33. The average Bonchev–Trinajstić information content (AvgIpc) is 3.40. The third-order valence-corrected chi connectivity index (χ3v) is 14.5. The average molecular weight is 1040 g/mol. The van der Waals surface area contributed by atoms with E-state index in [-0.39, 0.29) is 31.1 Å². The molecule has 0 heterocycles. The van der Waals surface area contributed by atoms with Crippen molar-refractivity contribution in [1.82, 2.24) is 0 Å². The van der Waals surface area contributed by atoms with Crippen LogP contribution >= 0.6 is 0 Å². The summed E-state index contributed by atoms with van der Waals surface area (Å²) in [7, 11) is 0. The normalized spacial score (nSPS) is 12.3. The fourth-order valence-electron chi connectivity index (χ4n) is 9.58. The molecule has 432 valence electrons. The predicted molar refractivity (Wildman–Crippen MR) is 321 cm³/mol. The van der Waals surface area contributed by atoms with Gasteiger partial charge < -0.3 is 14.2 Å². The number of unbranched alkanes of at least 4 members (excludes halogenated alkanes) is 41. The zero-order chi connectivity index (χ0) is 53.6. The Morgan fingerprint density at radius 3 is 0.757 bits per heavy atom. The van der Waals surface area contributed by atoms with Gasteiger partial charge in [-0.25, -0.2) is 0 Å². The molecular weight excluding hydrogens is 913 g/mol. The molecule has 0 rings (SSSR count). The molecule has 6 heteroatoms. The summed E-state index contributed by atoms with van der Waals surface area (Å²) in [5.41, 5.74) is 0. The maximum absolute atomic E-state index is 12.9. The summed E-state index contributed by atoms with van der Waals surface area (Å²) in [6, 6.07) is 0. The minimum Gasteiger partial charge on any atom is -0.462 e. The van der Waals surface area contributed by atoms with Crippen molar-refractivity contribution in [3.63, 3.8) is 0 Å². The van der Waals surface area contributed by atoms with Gasteiger partial charge in [-0.05, 0) is 103 Å². The number of carbonyl (C=O) groups excluding carboxylic acids is 3. The van der Waals surface area contributed by atoms with E-state index in [4.69, 9.17) is 14.2 Å². The summed E-state index contributed by atoms with van der Waals surface area (Å²) < 4.78 is 16.9. The van der Waals surface area contributed by atoms with Gasteiger partial charge in [-0.15, -0.1) is 0 Å². The number of carbonyl (C=O) groups is 3. The Morgan fingerprint density at radius 2 is 0.486 bits per heavy atom. The second-order valence-electron chi connectivity index (χ2n) is 22.0. The standard InChI is InChI=1S/C68H124O6/c1-4-7-10-13-16-19-22-25-28-30-32-33-34-35-36-38-40-43-46-49-52-55-58-61-67(70)73-64-65(63-72-66(69)60-57-54-51-48-45-42-39-27-24-21-18-15-12-9-6-3)74-68(71)62-59-56-53-50-47-44-41-37-31-29-26-23-20-17-14-11-8-5-2/h22,25,27,29-32,39,65H,4-21,23-24,26,28,33-38,40-64H2,1-3H3/b25-22-,31-29-,32-30-,39-27-. The highest BCUT2D eigenvalue weighted by Gasteiger charge is 2.19. The first kappa shape index (κ1) is 71.4. The smallest absolute Gasteiger partial charge is 0.306 e. The Kier molecular flexibility index (Phi) is 60.7. The molecule has 0 fully saturated rings. The topological polar surface area (TPSA) is 78.9 Å². The molecule has 74 heavy (non-hydrogen) atoms. The first-order chi connectivity index (χ1) is 36.5. The molecule has 0 aromatic rings. The van der Waals surface area contributed by atoms with Crippen molar-refractivity contribution in [2.75, 3.05) is 13.2 Å². The van der Waals surface area contributed by atoms with Crippen LogP contribution in [-0.2, 0) is 28.6 Å². The lowest BCUT2D eigenvalue weighted by atomic mass is 10.0. The Morgan fingerprint density at radius 1 is 0.270 bits per heavy atom. The van der Waals surface area contributed by atoms with Gasteiger partial charge in [0.05, 0.1) is 0 Å². The van der Waals surface area contributed by atoms with Crippen molar-refractivity contribution in [3.8, 4) is 0 Å². The maximum atomic E-state index is 12.9. The zero-order valence-electron chi connectivity index (χ0n) is 49.6. The molecule has 0 saturated carbocycles. The number of allylic oxidation sites excluding steroid dienone is 8. The highest BCUT2D eigenvalue weighted by Crippen LogP contribution is 2.17. The van der Waals surface area contributed by atoms with E-state index in [0.29, 0.717) is 19.3 Å². The van der Waals surface area contributed by atoms with Crippen LogP contribution in [0, 0.1) is 0 Å². The highest BCUT2D eigenvalue weighted by atomic mass is 16.6. The first-order valence-electron chi connectivity index (χ1n) is 32.6. The molecule has 0 aromatic carbocycles. The summed E-state index contributed by atoms with van der Waals surface area (Å²) in [6.07, 6.45) is 78.3. The number of esters is 3. The monoisotopic (exact) mass is 1040 g/mol. The van der Waals surface area contributed by atoms with Gasteiger partial charge in [0.2, 0.25) is 0 Å². The van der Waals surface area contributed by atoms with Crippen molar-refractivity contribution in [2.45, 2.75) is 354 Å². The van der Waals surface area contributed by atoms with Crippen LogP contribution in [0.1, 0.15) is 348 Å². The lowest BCUT2D eigenvalue weighted by Crippen LogP contribution is -2.30. The molecule has 1 unspecified atom stereocenters. The maximum Gasteiger partial charge on any atom is 0.306 e. The molecule has 0 bridgehead atoms. The number of hydrogen-bond donors (Lipinski definition) is 0. The highest BCUT2D eigenvalue weighted by molar-refractivity contribution is 5.71. The second kappa shape index (κ2) is 62.9. The summed E-state index contributed by atoms with van der Waals surface area (Å²) >= 11 is 0. The Labute approximate surface area is 460 Å². The molecule has 0 aromatic heterocycles. The lowest BCUT2D eigenvalue weighted by Gasteiger charge is -2.18. The fraction of sp³-hybridized carbons (Fsp3) is 0.838. The largest absolute Gasteiger partial charge is 0.462 e. The van der Waals surface area contributed by atoms with E-state index in [1.54, 1.807) is 0 Å². The third-order valence-electron chi connectivity index (χ3n) is 14.5. The van der Waals surface area contributed by atoms with E-state index in [1.165, 1.54) is 238 Å². The number of ether oxygens (including phenoxy) is 3. The molecule has 0 N–H and O–H groups in total. The van der Waals surface area contributed by atoms with Crippen molar-refractivity contribution < 1.29 is 28.6 Å². The molecule has 0 aliphatic heterocycles. The predicted octanol–water partition coefficient (Wildman–Crippen LogP) is 22.2. The molecule has 0 aliphatic carbocycles. The minimum absolute atomic E-state index is 0.0762. The zero-order valence-corrected chi connectivity index (χ0v) is 49.6. The van der Waals surface area contributed by atoms with Gasteiger partial charge in [0.1, 0.15) is 13.2 Å². The molecule has 0 saturated heterocycles. The van der Waals surface area contributed by atoms with Gasteiger partial charge in [0, 0.05) is 19.3 Å². The summed E-state index contributed by atoms with van der Waals surface area (Å²) in [6.45, 7) is 6.66. The summed E-state index contributed by atoms with van der Waals surface area (Å²) in [4.78, 5) is 38.3. The molecule has 0 amide bonds. The van der Waals surface area contributed by atoms with Crippen LogP contribution in [0.15, 0.2) is 48.6 Å². The van der Waals surface area contributed by atoms with Crippen molar-refractivity contribution in [1.29, 1.82) is 0 Å². The van der Waals surface area contributed by atoms with Crippen LogP contribution in [0.3, 0.4) is 0 Å². The quantitative estimate of drug-likeness (QED) is 0.0261. The fourth-order valence-corrected chi connectivity index (χ4v) is 9.58. The summed E-state index contributed by atoms with van der Waals surface area (Å²) in [5, 5.41) is 0. The molecule has 1 atom stereocenters. The minimum atomic E-state index is -0.780. The van der Waals surface area contributed by atoms with Crippen LogP contribution in [0.2, 0.25) is 0 Å². The molecule has 0 aliphatic rings. The second-order valence-corrected chi connectivity index (χ2v) is 22.0. The lowest BCUT2D eigenvalue weighted by molar-refractivity contribution is -0.167. The van der Waals surface area contributed by atoms with E-state index < -0.39 is 6.10 Å². The molecule has 6 nitrogen and oxygen atoms in total. The Hall–Kier alpha value is -2.63. The van der Waals surface area contributed by atoms with Crippen LogP contribution in [0.25, 0.3) is 0 Å². The van der Waals surface area contributed by atoms with E-state index in [0.717, 1.165) is 70.6 Å². The van der Waals surface area contributed by atoms with E-state index in [1.807, 2.05) is 0 Å². The van der Waals surface area contributed by atoms with Crippen LogP contribution in [0.5, 0.6) is 0 Å². The summed E-state index contributed by atoms with van der Waals surface area (Å²) in [5.74, 6) is -0.871. The Bertz CT molecular complexity index is 1280. The number of hydrogen-bond acceptors (Lipinski definition) is 6. The van der Waals surface area contributed by atoms with Crippen LogP contribution < -0.4 is 0 Å². The van der Waals surface area contributed by atoms with Gasteiger partial charge in [0.25, 0.3) is 0 Å². The number of rotatable bonds is 60. The van der Waals surface area contributed by atoms with E-state index in [2.05, 4.69) is 69.4 Å². The van der Waals surface area contributed by atoms with Crippen molar-refractivity contribution >= 4 is 17.9 Å². The van der Waals surface area contributed by atoms with Crippen molar-refractivity contribution in [2.24, 2.45) is 0 Å². The van der Waals surface area contributed by atoms with Crippen molar-refractivity contribution in [3.05, 3.63) is 48.6 Å². The van der Waals surface area contributed by atoms with Crippen LogP contribution in [-0.4, -0.2) is 37.2 Å². The molecular formula is C68H124O6. The molecule has 0 spiro atoms. The van der Waals surface area contributed by atoms with Gasteiger partial charge >= 0.3 is 17.9 Å². The van der Waals surface area contributed by atoms with E-state index >= 15 is 0 Å². The third kappa shape index (κ3) is 60.2.